The quantitative estimate of drug-likeness (QED) is 0.311. The molecule has 3 rings (SSSR count). The second kappa shape index (κ2) is 7.89. The van der Waals surface area contributed by atoms with E-state index in [-0.39, 0.29) is 17.7 Å². The minimum atomic E-state index is -0.920. The summed E-state index contributed by atoms with van der Waals surface area (Å²) in [4.78, 5) is 59.2. The summed E-state index contributed by atoms with van der Waals surface area (Å²) in [6.07, 6.45) is 0. The highest BCUT2D eigenvalue weighted by Gasteiger charge is 2.41. The Labute approximate surface area is 163 Å². The van der Waals surface area contributed by atoms with E-state index in [0.717, 1.165) is 6.07 Å². The lowest BCUT2D eigenvalue weighted by Gasteiger charge is -2.13. The predicted octanol–water partition coefficient (Wildman–Crippen LogP) is 1.72. The number of carbonyl (C=O) groups excluding carboxylic acids is 4. The van der Waals surface area contributed by atoms with Crippen LogP contribution >= 0.6 is 0 Å². The number of hydrogen-bond donors (Lipinski definition) is 0. The smallest absolute Gasteiger partial charge is 0.337 e. The van der Waals surface area contributed by atoms with Crippen LogP contribution in [0.15, 0.2) is 42.5 Å². The predicted molar refractivity (Wildman–Crippen MR) is 96.0 cm³/mol. The van der Waals surface area contributed by atoms with Crippen molar-refractivity contribution in [2.45, 2.75) is 6.61 Å². The van der Waals surface area contributed by atoms with Gasteiger partial charge in [0.25, 0.3) is 17.5 Å². The van der Waals surface area contributed by atoms with Crippen molar-refractivity contribution < 1.29 is 33.6 Å². The molecule has 2 aromatic rings. The van der Waals surface area contributed by atoms with E-state index in [2.05, 4.69) is 4.74 Å². The standard InChI is InChI=1S/C19H14N2O8/c1-28-19(25)12-7-5-11(6-8-12)10-29-15(22)9-20-17(23)13-3-2-4-14(21(26)27)16(13)18(20)24/h2-8H,9-10H2,1H3. The normalized spacial score (nSPS) is 12.5. The van der Waals surface area contributed by atoms with Crippen molar-refractivity contribution in [3.8, 4) is 0 Å². The molecular formula is C19H14N2O8. The fourth-order valence-electron chi connectivity index (χ4n) is 2.80. The van der Waals surface area contributed by atoms with Crippen LogP contribution in [0.4, 0.5) is 5.69 Å². The van der Waals surface area contributed by atoms with Gasteiger partial charge in [-0.15, -0.1) is 0 Å². The van der Waals surface area contributed by atoms with Crippen LogP contribution in [0.25, 0.3) is 0 Å². The third-order valence-corrected chi connectivity index (χ3v) is 4.24. The molecular weight excluding hydrogens is 384 g/mol. The Bertz CT molecular complexity index is 1030. The third kappa shape index (κ3) is 3.81. The van der Waals surface area contributed by atoms with Gasteiger partial charge in [-0.1, -0.05) is 18.2 Å². The van der Waals surface area contributed by atoms with Gasteiger partial charge < -0.3 is 9.47 Å². The molecule has 10 heteroatoms. The Hall–Kier alpha value is -4.08. The molecule has 29 heavy (non-hydrogen) atoms. The van der Waals surface area contributed by atoms with Gasteiger partial charge in [0.05, 0.1) is 23.2 Å². The number of amides is 2. The van der Waals surface area contributed by atoms with E-state index in [1.54, 1.807) is 12.1 Å². The maximum absolute atomic E-state index is 12.4. The van der Waals surface area contributed by atoms with Gasteiger partial charge in [0.1, 0.15) is 18.7 Å². The molecule has 0 spiro atoms. The van der Waals surface area contributed by atoms with Crippen LogP contribution in [0.5, 0.6) is 0 Å². The van der Waals surface area contributed by atoms with Crippen molar-refractivity contribution in [2.75, 3.05) is 13.7 Å². The van der Waals surface area contributed by atoms with Gasteiger partial charge in [0.2, 0.25) is 0 Å². The number of methoxy groups -OCH3 is 1. The topological polar surface area (TPSA) is 133 Å². The first-order valence-electron chi connectivity index (χ1n) is 8.30. The van der Waals surface area contributed by atoms with Crippen LogP contribution in [0, 0.1) is 10.1 Å². The van der Waals surface area contributed by atoms with Crippen molar-refractivity contribution in [3.63, 3.8) is 0 Å². The first-order valence-corrected chi connectivity index (χ1v) is 8.30. The van der Waals surface area contributed by atoms with Gasteiger partial charge in [-0.2, -0.15) is 0 Å². The fourth-order valence-corrected chi connectivity index (χ4v) is 2.80. The molecule has 0 aliphatic carbocycles. The van der Waals surface area contributed by atoms with E-state index in [1.807, 2.05) is 0 Å². The second-order valence-electron chi connectivity index (χ2n) is 6.00. The minimum absolute atomic E-state index is 0.129. The van der Waals surface area contributed by atoms with E-state index in [4.69, 9.17) is 4.74 Å². The van der Waals surface area contributed by atoms with Crippen LogP contribution in [0.3, 0.4) is 0 Å². The third-order valence-electron chi connectivity index (χ3n) is 4.24. The van der Waals surface area contributed by atoms with Crippen LogP contribution in [0.2, 0.25) is 0 Å². The summed E-state index contributed by atoms with van der Waals surface area (Å²) in [5.74, 6) is -3.09. The first kappa shape index (κ1) is 19.7. The molecule has 1 aliphatic heterocycles. The number of imide groups is 1. The monoisotopic (exact) mass is 398 g/mol. The molecule has 2 amide bonds. The summed E-state index contributed by atoms with van der Waals surface area (Å²) < 4.78 is 9.64. The van der Waals surface area contributed by atoms with Gasteiger partial charge in [0.15, 0.2) is 0 Å². The molecule has 0 aromatic heterocycles. The molecule has 0 saturated carbocycles. The fraction of sp³-hybridized carbons (Fsp3) is 0.158. The average molecular weight is 398 g/mol. The number of nitro benzene ring substituents is 1. The van der Waals surface area contributed by atoms with Gasteiger partial charge in [0, 0.05) is 6.07 Å². The van der Waals surface area contributed by atoms with E-state index in [9.17, 15) is 29.3 Å². The van der Waals surface area contributed by atoms with Crippen molar-refractivity contribution in [1.82, 2.24) is 4.90 Å². The molecule has 2 aromatic carbocycles. The number of carbonyl (C=O) groups is 4. The molecule has 0 atom stereocenters. The number of fused-ring (bicyclic) bond motifs is 1. The summed E-state index contributed by atoms with van der Waals surface area (Å²) in [6.45, 7) is -0.826. The Balaban J connectivity index is 1.65. The van der Waals surface area contributed by atoms with E-state index in [0.29, 0.717) is 16.0 Å². The molecule has 0 radical (unpaired) electrons. The van der Waals surface area contributed by atoms with Crippen molar-refractivity contribution >= 4 is 29.4 Å². The molecule has 10 nitrogen and oxygen atoms in total. The van der Waals surface area contributed by atoms with Crippen LogP contribution in [-0.4, -0.2) is 47.2 Å². The highest BCUT2D eigenvalue weighted by molar-refractivity contribution is 6.24. The number of esters is 2. The van der Waals surface area contributed by atoms with E-state index >= 15 is 0 Å². The summed E-state index contributed by atoms with van der Waals surface area (Å²) in [5.41, 5.74) is -0.0642. The molecule has 0 fully saturated rings. The van der Waals surface area contributed by atoms with Crippen molar-refractivity contribution in [2.24, 2.45) is 0 Å². The average Bonchev–Trinajstić information content (AvgIpc) is 2.97. The summed E-state index contributed by atoms with van der Waals surface area (Å²) in [7, 11) is 1.26. The van der Waals surface area contributed by atoms with Crippen LogP contribution in [0.1, 0.15) is 36.6 Å². The van der Waals surface area contributed by atoms with Crippen molar-refractivity contribution in [1.29, 1.82) is 0 Å². The zero-order valence-electron chi connectivity index (χ0n) is 15.1. The summed E-state index contributed by atoms with van der Waals surface area (Å²) >= 11 is 0. The maximum Gasteiger partial charge on any atom is 0.337 e. The highest BCUT2D eigenvalue weighted by Crippen LogP contribution is 2.30. The molecule has 1 aliphatic rings. The molecule has 0 N–H and O–H groups in total. The number of nitrogens with zero attached hydrogens (tertiary/aromatic N) is 2. The zero-order valence-corrected chi connectivity index (χ0v) is 15.1. The Morgan fingerprint density at radius 3 is 2.38 bits per heavy atom. The van der Waals surface area contributed by atoms with Crippen LogP contribution in [-0.2, 0) is 20.9 Å². The highest BCUT2D eigenvalue weighted by atomic mass is 16.6. The van der Waals surface area contributed by atoms with Gasteiger partial charge >= 0.3 is 11.9 Å². The lowest BCUT2D eigenvalue weighted by Crippen LogP contribution is -2.35. The van der Waals surface area contributed by atoms with Gasteiger partial charge in [-0.05, 0) is 23.8 Å². The number of benzene rings is 2. The SMILES string of the molecule is COC(=O)c1ccc(COC(=O)CN2C(=O)c3cccc([N+](=O)[O-])c3C2=O)cc1. The number of nitro groups is 1. The lowest BCUT2D eigenvalue weighted by atomic mass is 10.1. The van der Waals surface area contributed by atoms with E-state index < -0.39 is 40.9 Å². The molecule has 1 heterocycles. The number of ether oxygens (including phenoxy) is 2. The van der Waals surface area contributed by atoms with E-state index in [1.165, 1.54) is 31.4 Å². The maximum atomic E-state index is 12.4. The first-order chi connectivity index (χ1) is 13.8. The zero-order chi connectivity index (χ0) is 21.1. The second-order valence-corrected chi connectivity index (χ2v) is 6.00. The number of hydrogen-bond acceptors (Lipinski definition) is 8. The van der Waals surface area contributed by atoms with Gasteiger partial charge in [-0.3, -0.25) is 29.4 Å². The largest absolute Gasteiger partial charge is 0.465 e. The molecule has 0 saturated heterocycles. The summed E-state index contributed by atoms with van der Waals surface area (Å²) in [5, 5.41) is 11.1. The van der Waals surface area contributed by atoms with Crippen LogP contribution < -0.4 is 0 Å². The molecule has 0 unspecified atom stereocenters. The lowest BCUT2D eigenvalue weighted by molar-refractivity contribution is -0.385. The number of rotatable bonds is 6. The minimum Gasteiger partial charge on any atom is -0.465 e. The van der Waals surface area contributed by atoms with Crippen molar-refractivity contribution in [3.05, 3.63) is 74.8 Å². The Morgan fingerprint density at radius 2 is 1.76 bits per heavy atom. The Morgan fingerprint density at radius 1 is 1.07 bits per heavy atom. The molecule has 0 bridgehead atoms. The Kier molecular flexibility index (Phi) is 5.35. The summed E-state index contributed by atoms with van der Waals surface area (Å²) in [6, 6.07) is 9.81. The van der Waals surface area contributed by atoms with Gasteiger partial charge in [-0.25, -0.2) is 4.79 Å². The molecule has 148 valence electrons.